The van der Waals surface area contributed by atoms with Crippen LogP contribution in [-0.4, -0.2) is 18.0 Å². The molecule has 0 aromatic heterocycles. The van der Waals surface area contributed by atoms with E-state index in [2.05, 4.69) is 54.9 Å². The predicted molar refractivity (Wildman–Crippen MR) is 89.7 cm³/mol. The third kappa shape index (κ3) is 2.43. The summed E-state index contributed by atoms with van der Waals surface area (Å²) in [5, 5.41) is 0. The van der Waals surface area contributed by atoms with Crippen LogP contribution in [-0.2, 0) is 0 Å². The number of aryl methyl sites for hydroxylation is 1. The maximum atomic E-state index is 6.26. The molecule has 1 aromatic rings. The highest BCUT2D eigenvalue weighted by atomic mass is 15.4. The van der Waals surface area contributed by atoms with Gasteiger partial charge in [-0.2, -0.15) is 0 Å². The third-order valence-corrected chi connectivity index (χ3v) is 5.50. The number of hydrogen-bond acceptors (Lipinski definition) is 3. The standard InChI is InChI=1S/C18H27N3/c1-13(2)15-8-10-18(11-9-15)12-20-17(19)21(18)16-7-5-4-6-14(16)3/h4-7,13,15H,8-12H2,1-3H3,(H2,19,20). The van der Waals surface area contributed by atoms with E-state index in [9.17, 15) is 0 Å². The predicted octanol–water partition coefficient (Wildman–Crippen LogP) is 3.71. The summed E-state index contributed by atoms with van der Waals surface area (Å²) in [5.41, 5.74) is 8.90. The van der Waals surface area contributed by atoms with Gasteiger partial charge in [0.1, 0.15) is 0 Å². The van der Waals surface area contributed by atoms with E-state index in [-0.39, 0.29) is 5.54 Å². The first-order valence-corrected chi connectivity index (χ1v) is 8.19. The van der Waals surface area contributed by atoms with Gasteiger partial charge in [-0.3, -0.25) is 4.99 Å². The van der Waals surface area contributed by atoms with Gasteiger partial charge in [0.05, 0.1) is 12.1 Å². The molecule has 1 saturated carbocycles. The van der Waals surface area contributed by atoms with Crippen molar-refractivity contribution in [2.24, 2.45) is 22.6 Å². The van der Waals surface area contributed by atoms with E-state index in [1.54, 1.807) is 0 Å². The summed E-state index contributed by atoms with van der Waals surface area (Å²) in [5.74, 6) is 2.34. The lowest BCUT2D eigenvalue weighted by Gasteiger charge is -2.45. The minimum Gasteiger partial charge on any atom is -0.369 e. The van der Waals surface area contributed by atoms with Gasteiger partial charge in [0.2, 0.25) is 0 Å². The highest BCUT2D eigenvalue weighted by Crippen LogP contribution is 2.44. The normalized spacial score (nSPS) is 29.2. The Bertz CT molecular complexity index is 539. The second-order valence-corrected chi connectivity index (χ2v) is 7.10. The summed E-state index contributed by atoms with van der Waals surface area (Å²) in [6.07, 6.45) is 4.99. The van der Waals surface area contributed by atoms with Gasteiger partial charge in [-0.25, -0.2) is 0 Å². The average molecular weight is 285 g/mol. The minimum atomic E-state index is 0.127. The number of anilines is 1. The molecule has 0 saturated heterocycles. The van der Waals surface area contributed by atoms with E-state index in [0.29, 0.717) is 5.96 Å². The minimum absolute atomic E-state index is 0.127. The molecule has 1 fully saturated rings. The fraction of sp³-hybridized carbons (Fsp3) is 0.611. The van der Waals surface area contributed by atoms with Gasteiger partial charge in [-0.15, -0.1) is 0 Å². The Balaban J connectivity index is 1.88. The number of nitrogens with two attached hydrogens (primary N) is 1. The van der Waals surface area contributed by atoms with Crippen LogP contribution < -0.4 is 10.6 Å². The monoisotopic (exact) mass is 285 g/mol. The van der Waals surface area contributed by atoms with Crippen LogP contribution in [0.3, 0.4) is 0 Å². The van der Waals surface area contributed by atoms with Crippen LogP contribution in [0.25, 0.3) is 0 Å². The Morgan fingerprint density at radius 3 is 2.52 bits per heavy atom. The van der Waals surface area contributed by atoms with Crippen LogP contribution >= 0.6 is 0 Å². The largest absolute Gasteiger partial charge is 0.369 e. The van der Waals surface area contributed by atoms with Crippen molar-refractivity contribution in [2.75, 3.05) is 11.4 Å². The van der Waals surface area contributed by atoms with Gasteiger partial charge in [0.25, 0.3) is 0 Å². The molecule has 3 nitrogen and oxygen atoms in total. The average Bonchev–Trinajstić information content (AvgIpc) is 2.77. The summed E-state index contributed by atoms with van der Waals surface area (Å²) in [7, 11) is 0. The molecule has 0 amide bonds. The van der Waals surface area contributed by atoms with Gasteiger partial charge in [0, 0.05) is 5.69 Å². The van der Waals surface area contributed by atoms with Crippen LogP contribution in [0.4, 0.5) is 5.69 Å². The van der Waals surface area contributed by atoms with E-state index in [1.807, 2.05) is 0 Å². The van der Waals surface area contributed by atoms with Gasteiger partial charge in [-0.1, -0.05) is 32.0 Å². The van der Waals surface area contributed by atoms with E-state index >= 15 is 0 Å². The lowest BCUT2D eigenvalue weighted by molar-refractivity contribution is 0.206. The number of benzene rings is 1. The van der Waals surface area contributed by atoms with Crippen LogP contribution in [0.15, 0.2) is 29.3 Å². The molecular weight excluding hydrogens is 258 g/mol. The first kappa shape index (κ1) is 14.4. The Kier molecular flexibility index (Phi) is 3.68. The number of hydrogen-bond donors (Lipinski definition) is 1. The zero-order valence-corrected chi connectivity index (χ0v) is 13.5. The van der Waals surface area contributed by atoms with E-state index < -0.39 is 0 Å². The van der Waals surface area contributed by atoms with Gasteiger partial charge in [-0.05, 0) is 56.1 Å². The van der Waals surface area contributed by atoms with E-state index in [1.165, 1.54) is 36.9 Å². The van der Waals surface area contributed by atoms with Crippen molar-refractivity contribution in [3.8, 4) is 0 Å². The van der Waals surface area contributed by atoms with Crippen molar-refractivity contribution in [1.29, 1.82) is 0 Å². The SMILES string of the molecule is Cc1ccccc1N1C(N)=NCC12CCC(C(C)C)CC2. The molecule has 0 bridgehead atoms. The summed E-state index contributed by atoms with van der Waals surface area (Å²) >= 11 is 0. The third-order valence-electron chi connectivity index (χ3n) is 5.50. The lowest BCUT2D eigenvalue weighted by atomic mass is 9.72. The summed E-state index contributed by atoms with van der Waals surface area (Å²) in [4.78, 5) is 6.93. The molecule has 114 valence electrons. The molecule has 2 aliphatic rings. The fourth-order valence-corrected chi connectivity index (χ4v) is 4.03. The second-order valence-electron chi connectivity index (χ2n) is 7.10. The molecular formula is C18H27N3. The number of rotatable bonds is 2. The summed E-state index contributed by atoms with van der Waals surface area (Å²) < 4.78 is 0. The molecule has 0 unspecified atom stereocenters. The smallest absolute Gasteiger partial charge is 0.196 e. The molecule has 1 spiro atoms. The highest BCUT2D eigenvalue weighted by Gasteiger charge is 2.46. The number of nitrogens with zero attached hydrogens (tertiary/aromatic N) is 2. The summed E-state index contributed by atoms with van der Waals surface area (Å²) in [6.45, 7) is 7.72. The molecule has 2 N–H and O–H groups in total. The van der Waals surface area contributed by atoms with Gasteiger partial charge >= 0.3 is 0 Å². The Morgan fingerprint density at radius 2 is 1.90 bits per heavy atom. The van der Waals surface area contributed by atoms with Crippen LogP contribution in [0.1, 0.15) is 45.1 Å². The van der Waals surface area contributed by atoms with E-state index in [4.69, 9.17) is 5.73 Å². The van der Waals surface area contributed by atoms with Crippen molar-refractivity contribution >= 4 is 11.6 Å². The van der Waals surface area contributed by atoms with Crippen molar-refractivity contribution in [1.82, 2.24) is 0 Å². The number of guanidine groups is 1. The maximum absolute atomic E-state index is 6.26. The second kappa shape index (κ2) is 5.36. The highest BCUT2D eigenvalue weighted by molar-refractivity contribution is 5.99. The Morgan fingerprint density at radius 1 is 1.24 bits per heavy atom. The zero-order chi connectivity index (χ0) is 15.0. The molecule has 3 rings (SSSR count). The quantitative estimate of drug-likeness (QED) is 0.900. The van der Waals surface area contributed by atoms with Gasteiger partial charge in [0.15, 0.2) is 5.96 Å². The molecule has 1 aliphatic heterocycles. The molecule has 21 heavy (non-hydrogen) atoms. The van der Waals surface area contributed by atoms with Gasteiger partial charge < -0.3 is 10.6 Å². The molecule has 3 heteroatoms. The van der Waals surface area contributed by atoms with Crippen LogP contribution in [0.5, 0.6) is 0 Å². The van der Waals surface area contributed by atoms with Crippen LogP contribution in [0, 0.1) is 18.8 Å². The van der Waals surface area contributed by atoms with Crippen molar-refractivity contribution in [3.05, 3.63) is 29.8 Å². The van der Waals surface area contributed by atoms with E-state index in [0.717, 1.165) is 18.4 Å². The Hall–Kier alpha value is -1.51. The molecule has 1 heterocycles. The number of para-hydroxylation sites is 1. The molecule has 1 aliphatic carbocycles. The molecule has 0 atom stereocenters. The molecule has 0 radical (unpaired) electrons. The van der Waals surface area contributed by atoms with Crippen molar-refractivity contribution in [3.63, 3.8) is 0 Å². The van der Waals surface area contributed by atoms with Crippen molar-refractivity contribution < 1.29 is 0 Å². The van der Waals surface area contributed by atoms with Crippen molar-refractivity contribution in [2.45, 2.75) is 52.0 Å². The number of aliphatic imine (C=N–C) groups is 1. The molecule has 1 aromatic carbocycles. The maximum Gasteiger partial charge on any atom is 0.196 e. The fourth-order valence-electron chi connectivity index (χ4n) is 4.03. The first-order chi connectivity index (χ1) is 10.0. The zero-order valence-electron chi connectivity index (χ0n) is 13.5. The summed E-state index contributed by atoms with van der Waals surface area (Å²) in [6, 6.07) is 8.53. The topological polar surface area (TPSA) is 41.6 Å². The Labute approximate surface area is 128 Å². The lowest BCUT2D eigenvalue weighted by Crippen LogP contribution is -2.54. The first-order valence-electron chi connectivity index (χ1n) is 8.19. The van der Waals surface area contributed by atoms with Crippen LogP contribution in [0.2, 0.25) is 0 Å².